The number of rotatable bonds is 2. The van der Waals surface area contributed by atoms with E-state index < -0.39 is 33.1 Å². The maximum atomic E-state index is 12.5. The second kappa shape index (κ2) is 5.11. The molecule has 0 unspecified atom stereocenters. The number of ether oxygens (including phenoxy) is 1. The number of hydrogen-bond acceptors (Lipinski definition) is 6. The van der Waals surface area contributed by atoms with Crippen molar-refractivity contribution in [3.05, 3.63) is 22.2 Å². The average molecular weight is 341 g/mol. The maximum absolute atomic E-state index is 12.5. The van der Waals surface area contributed by atoms with Crippen molar-refractivity contribution in [3.8, 4) is 0 Å². The number of hydrogen-bond donors (Lipinski definition) is 1. The van der Waals surface area contributed by atoms with Crippen LogP contribution >= 0.6 is 11.3 Å². The van der Waals surface area contributed by atoms with E-state index in [0.717, 1.165) is 19.4 Å². The highest BCUT2D eigenvalue weighted by atomic mass is 32.2. The molecule has 114 valence electrons. The number of aromatic nitrogens is 1. The summed E-state index contributed by atoms with van der Waals surface area (Å²) in [5, 5.41) is -1.14. The summed E-state index contributed by atoms with van der Waals surface area (Å²) in [6, 6.07) is 0. The monoisotopic (exact) mass is 341 g/mol. The van der Waals surface area contributed by atoms with Crippen LogP contribution in [-0.4, -0.2) is 32.2 Å². The van der Waals surface area contributed by atoms with Gasteiger partial charge in [0.2, 0.25) is 0 Å². The van der Waals surface area contributed by atoms with Crippen molar-refractivity contribution < 1.29 is 31.1 Å². The highest BCUT2D eigenvalue weighted by Crippen LogP contribution is 2.34. The summed E-state index contributed by atoms with van der Waals surface area (Å²) in [5.74, 6) is -1.03. The van der Waals surface area contributed by atoms with E-state index in [-0.39, 0.29) is 21.9 Å². The fourth-order valence-electron chi connectivity index (χ4n) is 1.34. The van der Waals surface area contributed by atoms with Crippen molar-refractivity contribution in [2.75, 3.05) is 7.11 Å². The molecule has 0 fully saturated rings. The number of nitrogens with zero attached hydrogens (tertiary/aromatic N) is 2. The molecule has 0 aromatic carbocycles. The second-order valence-electron chi connectivity index (χ2n) is 3.63. The molecule has 12 heteroatoms. The minimum absolute atomic E-state index is 0.109. The van der Waals surface area contributed by atoms with Gasteiger partial charge in [-0.15, -0.1) is 15.7 Å². The molecule has 1 aliphatic heterocycles. The lowest BCUT2D eigenvalue weighted by Crippen LogP contribution is -2.29. The summed E-state index contributed by atoms with van der Waals surface area (Å²) in [6.45, 7) is 0. The Balaban J connectivity index is 2.44. The molecule has 0 atom stereocenters. The van der Waals surface area contributed by atoms with E-state index in [9.17, 15) is 26.4 Å². The van der Waals surface area contributed by atoms with Crippen LogP contribution in [0, 0.1) is 0 Å². The molecule has 0 radical (unpaired) electrons. The van der Waals surface area contributed by atoms with E-state index in [4.69, 9.17) is 0 Å². The highest BCUT2D eigenvalue weighted by Gasteiger charge is 2.35. The molecule has 1 aliphatic rings. The lowest BCUT2D eigenvalue weighted by atomic mass is 10.3. The standard InChI is InChI=1S/C9H6F3N3O4S2/c1-19-7(16)5-2-4(14-21(17,18)15-5)6-3-13-8(20-6)9(10,11)12/h2-3,14H,1H3. The molecule has 1 aromatic rings. The molecule has 7 nitrogen and oxygen atoms in total. The molecule has 0 saturated heterocycles. The number of methoxy groups -OCH3 is 1. The summed E-state index contributed by atoms with van der Waals surface area (Å²) in [5.41, 5.74) is -0.786. The van der Waals surface area contributed by atoms with E-state index >= 15 is 0 Å². The Labute approximate surface area is 120 Å². The first-order valence-corrected chi connectivity index (χ1v) is 7.34. The summed E-state index contributed by atoms with van der Waals surface area (Å²) < 4.78 is 69.7. The van der Waals surface area contributed by atoms with Crippen LogP contribution < -0.4 is 4.72 Å². The first-order chi connectivity index (χ1) is 9.62. The van der Waals surface area contributed by atoms with Crippen molar-refractivity contribution in [2.24, 2.45) is 4.40 Å². The number of thiazole rings is 1. The highest BCUT2D eigenvalue weighted by molar-refractivity contribution is 7.88. The minimum Gasteiger partial charge on any atom is -0.464 e. The molecule has 2 rings (SSSR count). The summed E-state index contributed by atoms with van der Waals surface area (Å²) >= 11 is 0.230. The fraction of sp³-hybridized carbons (Fsp3) is 0.222. The Morgan fingerprint density at radius 3 is 2.62 bits per heavy atom. The predicted octanol–water partition coefficient (Wildman–Crippen LogP) is 0.965. The third-order valence-corrected chi connectivity index (χ3v) is 4.14. The zero-order valence-corrected chi connectivity index (χ0v) is 11.8. The van der Waals surface area contributed by atoms with Crippen LogP contribution in [0.15, 0.2) is 16.7 Å². The Kier molecular flexibility index (Phi) is 3.76. The first kappa shape index (κ1) is 15.4. The van der Waals surface area contributed by atoms with Crippen molar-refractivity contribution >= 4 is 38.9 Å². The Morgan fingerprint density at radius 2 is 2.10 bits per heavy atom. The lowest BCUT2D eigenvalue weighted by molar-refractivity contribution is -0.137. The van der Waals surface area contributed by atoms with Crippen LogP contribution in [0.1, 0.15) is 9.88 Å². The van der Waals surface area contributed by atoms with Gasteiger partial charge in [0.1, 0.15) is 0 Å². The van der Waals surface area contributed by atoms with Crippen LogP contribution in [0.2, 0.25) is 0 Å². The molecule has 1 aromatic heterocycles. The van der Waals surface area contributed by atoms with Crippen molar-refractivity contribution in [2.45, 2.75) is 6.18 Å². The van der Waals surface area contributed by atoms with Crippen LogP contribution in [0.5, 0.6) is 0 Å². The smallest absolute Gasteiger partial charge is 0.443 e. The number of carbonyl (C=O) groups excluding carboxylic acids is 1. The quantitative estimate of drug-likeness (QED) is 0.808. The molecular weight excluding hydrogens is 335 g/mol. The average Bonchev–Trinajstić information content (AvgIpc) is 2.85. The zero-order valence-electron chi connectivity index (χ0n) is 10.1. The number of esters is 1. The predicted molar refractivity (Wildman–Crippen MR) is 66.6 cm³/mol. The van der Waals surface area contributed by atoms with Gasteiger partial charge in [-0.25, -0.2) is 9.78 Å². The van der Waals surface area contributed by atoms with Crippen LogP contribution in [0.4, 0.5) is 13.2 Å². The van der Waals surface area contributed by atoms with Crippen LogP contribution in [-0.2, 0) is 25.9 Å². The van der Waals surface area contributed by atoms with Gasteiger partial charge in [-0.3, -0.25) is 4.72 Å². The first-order valence-electron chi connectivity index (χ1n) is 5.08. The summed E-state index contributed by atoms with van der Waals surface area (Å²) in [7, 11) is -3.23. The largest absolute Gasteiger partial charge is 0.464 e. The molecule has 0 amide bonds. The number of nitrogens with one attached hydrogen (secondary N) is 1. The number of alkyl halides is 3. The van der Waals surface area contributed by atoms with Gasteiger partial charge >= 0.3 is 22.4 Å². The van der Waals surface area contributed by atoms with Crippen LogP contribution in [0.3, 0.4) is 0 Å². The summed E-state index contributed by atoms with van der Waals surface area (Å²) in [6.07, 6.45) is -2.82. The Morgan fingerprint density at radius 1 is 1.43 bits per heavy atom. The van der Waals surface area contributed by atoms with Gasteiger partial charge in [-0.05, 0) is 6.08 Å². The van der Waals surface area contributed by atoms with Gasteiger partial charge in [0.15, 0.2) is 10.7 Å². The van der Waals surface area contributed by atoms with E-state index in [1.807, 2.05) is 4.72 Å². The number of carbonyl (C=O) groups is 1. The third-order valence-electron chi connectivity index (χ3n) is 2.15. The van der Waals surface area contributed by atoms with Gasteiger partial charge < -0.3 is 4.74 Å². The molecule has 21 heavy (non-hydrogen) atoms. The fourth-order valence-corrected chi connectivity index (χ4v) is 3.03. The Hall–Kier alpha value is -1.95. The summed E-state index contributed by atoms with van der Waals surface area (Å²) in [4.78, 5) is 14.4. The van der Waals surface area contributed by atoms with Gasteiger partial charge in [0.25, 0.3) is 0 Å². The van der Waals surface area contributed by atoms with Gasteiger partial charge in [-0.1, -0.05) is 0 Å². The topological polar surface area (TPSA) is 97.7 Å². The van der Waals surface area contributed by atoms with E-state index in [1.165, 1.54) is 0 Å². The SMILES string of the molecule is COC(=O)C1=NS(=O)(=O)NC(c2cnc(C(F)(F)F)s2)=C1. The third kappa shape index (κ3) is 3.39. The van der Waals surface area contributed by atoms with Gasteiger partial charge in [0, 0.05) is 6.20 Å². The van der Waals surface area contributed by atoms with E-state index in [0.29, 0.717) is 0 Å². The van der Waals surface area contributed by atoms with Crippen LogP contribution in [0.25, 0.3) is 5.70 Å². The minimum atomic E-state index is -4.64. The van der Waals surface area contributed by atoms with Crippen molar-refractivity contribution in [1.29, 1.82) is 0 Å². The zero-order chi connectivity index (χ0) is 15.8. The molecular formula is C9H6F3N3O4S2. The molecule has 0 aliphatic carbocycles. The molecule has 1 N–H and O–H groups in total. The number of halogens is 3. The van der Waals surface area contributed by atoms with Crippen molar-refractivity contribution in [3.63, 3.8) is 0 Å². The van der Waals surface area contributed by atoms with Gasteiger partial charge in [-0.2, -0.15) is 21.6 Å². The van der Waals surface area contributed by atoms with E-state index in [2.05, 4.69) is 14.1 Å². The molecule has 0 bridgehead atoms. The maximum Gasteiger partial charge on any atom is 0.443 e. The van der Waals surface area contributed by atoms with Crippen molar-refractivity contribution in [1.82, 2.24) is 9.71 Å². The molecule has 0 saturated carbocycles. The molecule has 0 spiro atoms. The Bertz CT molecular complexity index is 749. The molecule has 2 heterocycles. The lowest BCUT2D eigenvalue weighted by Gasteiger charge is -2.12. The normalized spacial score (nSPS) is 17.5. The second-order valence-corrected chi connectivity index (χ2v) is 6.00. The van der Waals surface area contributed by atoms with E-state index in [1.54, 1.807) is 0 Å². The van der Waals surface area contributed by atoms with Gasteiger partial charge in [0.05, 0.1) is 17.7 Å².